The molecule has 152 valence electrons. The molecule has 0 saturated carbocycles. The predicted molar refractivity (Wildman–Crippen MR) is 94.0 cm³/mol. The molecular weight excluding hydrogens is 393 g/mol. The quantitative estimate of drug-likeness (QED) is 0.696. The molecule has 0 spiro atoms. The van der Waals surface area contributed by atoms with E-state index in [1.54, 1.807) is 0 Å². The standard InChI is InChI=1S/C17H20FN3O6S/c18-13-1-3-14(4-2-13)28(25,26)20-8-5-12(6-9-20)16(23)27-11-15(22)21-10-7-19-17(21)24/h1-4,12H,5-11H2,(H,19,24). The minimum atomic E-state index is -3.76. The van der Waals surface area contributed by atoms with Crippen LogP contribution in [0.2, 0.25) is 0 Å². The van der Waals surface area contributed by atoms with Crippen molar-refractivity contribution >= 4 is 27.9 Å². The number of hydrogen-bond donors (Lipinski definition) is 1. The minimum Gasteiger partial charge on any atom is -0.455 e. The lowest BCUT2D eigenvalue weighted by Crippen LogP contribution is -2.41. The van der Waals surface area contributed by atoms with Crippen molar-refractivity contribution in [3.63, 3.8) is 0 Å². The molecule has 1 aromatic carbocycles. The van der Waals surface area contributed by atoms with Crippen LogP contribution in [0.15, 0.2) is 29.2 Å². The highest BCUT2D eigenvalue weighted by Gasteiger charge is 2.34. The largest absolute Gasteiger partial charge is 0.455 e. The fourth-order valence-electron chi connectivity index (χ4n) is 3.13. The molecule has 2 fully saturated rings. The molecule has 0 unspecified atom stereocenters. The molecule has 1 N–H and O–H groups in total. The van der Waals surface area contributed by atoms with Gasteiger partial charge in [0.05, 0.1) is 10.8 Å². The number of benzene rings is 1. The first kappa shape index (κ1) is 20.2. The number of sulfonamides is 1. The molecule has 9 nitrogen and oxygen atoms in total. The van der Waals surface area contributed by atoms with Gasteiger partial charge < -0.3 is 10.1 Å². The molecule has 11 heteroatoms. The van der Waals surface area contributed by atoms with Crippen molar-refractivity contribution in [1.29, 1.82) is 0 Å². The number of nitrogens with zero attached hydrogens (tertiary/aromatic N) is 2. The molecule has 0 aromatic heterocycles. The zero-order chi connectivity index (χ0) is 20.3. The zero-order valence-electron chi connectivity index (χ0n) is 15.0. The Labute approximate surface area is 161 Å². The Balaban J connectivity index is 1.50. The molecule has 0 radical (unpaired) electrons. The van der Waals surface area contributed by atoms with E-state index < -0.39 is 46.3 Å². The summed E-state index contributed by atoms with van der Waals surface area (Å²) in [6.07, 6.45) is 0.495. The molecule has 2 heterocycles. The first-order valence-electron chi connectivity index (χ1n) is 8.79. The van der Waals surface area contributed by atoms with Crippen LogP contribution in [0.5, 0.6) is 0 Å². The Morgan fingerprint density at radius 3 is 2.36 bits per heavy atom. The summed E-state index contributed by atoms with van der Waals surface area (Å²) in [5, 5.41) is 2.48. The molecule has 2 saturated heterocycles. The van der Waals surface area contributed by atoms with E-state index in [1.807, 2.05) is 0 Å². The van der Waals surface area contributed by atoms with Crippen molar-refractivity contribution in [2.24, 2.45) is 5.92 Å². The van der Waals surface area contributed by atoms with Crippen LogP contribution in [0.3, 0.4) is 0 Å². The Kier molecular flexibility index (Phi) is 5.94. The first-order chi connectivity index (χ1) is 13.3. The average Bonchev–Trinajstić information content (AvgIpc) is 3.12. The van der Waals surface area contributed by atoms with Gasteiger partial charge in [0.1, 0.15) is 5.82 Å². The summed E-state index contributed by atoms with van der Waals surface area (Å²) in [4.78, 5) is 36.4. The van der Waals surface area contributed by atoms with Gasteiger partial charge in [0.2, 0.25) is 10.0 Å². The lowest BCUT2D eigenvalue weighted by Gasteiger charge is -2.30. The van der Waals surface area contributed by atoms with E-state index in [0.29, 0.717) is 6.54 Å². The molecule has 0 aliphatic carbocycles. The predicted octanol–water partition coefficient (Wildman–Crippen LogP) is 0.321. The van der Waals surface area contributed by atoms with E-state index in [-0.39, 0.29) is 37.4 Å². The van der Waals surface area contributed by atoms with Gasteiger partial charge in [0, 0.05) is 26.2 Å². The maximum atomic E-state index is 13.0. The number of carbonyl (C=O) groups is 3. The van der Waals surface area contributed by atoms with Crippen LogP contribution in [0.4, 0.5) is 9.18 Å². The SMILES string of the molecule is O=C(OCC(=O)N1CCNC1=O)C1CCN(S(=O)(=O)c2ccc(F)cc2)CC1. The highest BCUT2D eigenvalue weighted by atomic mass is 32.2. The highest BCUT2D eigenvalue weighted by molar-refractivity contribution is 7.89. The first-order valence-corrected chi connectivity index (χ1v) is 10.2. The monoisotopic (exact) mass is 413 g/mol. The normalized spacial score (nSPS) is 18.8. The maximum absolute atomic E-state index is 13.0. The van der Waals surface area contributed by atoms with Crippen molar-refractivity contribution in [3.05, 3.63) is 30.1 Å². The number of imide groups is 1. The van der Waals surface area contributed by atoms with Crippen molar-refractivity contribution in [2.45, 2.75) is 17.7 Å². The van der Waals surface area contributed by atoms with Crippen molar-refractivity contribution in [1.82, 2.24) is 14.5 Å². The van der Waals surface area contributed by atoms with Crippen LogP contribution < -0.4 is 5.32 Å². The van der Waals surface area contributed by atoms with Gasteiger partial charge in [0.25, 0.3) is 5.91 Å². The number of carbonyl (C=O) groups excluding carboxylic acids is 3. The van der Waals surface area contributed by atoms with Gasteiger partial charge in [-0.2, -0.15) is 4.31 Å². The Morgan fingerprint density at radius 2 is 1.79 bits per heavy atom. The molecule has 28 heavy (non-hydrogen) atoms. The average molecular weight is 413 g/mol. The van der Waals surface area contributed by atoms with Crippen molar-refractivity contribution in [2.75, 3.05) is 32.8 Å². The van der Waals surface area contributed by atoms with Gasteiger partial charge in [-0.15, -0.1) is 0 Å². The second-order valence-corrected chi connectivity index (χ2v) is 8.46. The summed E-state index contributed by atoms with van der Waals surface area (Å²) in [6, 6.07) is 4.04. The molecule has 2 aliphatic rings. The Morgan fingerprint density at radius 1 is 1.14 bits per heavy atom. The Bertz CT molecular complexity index is 865. The van der Waals surface area contributed by atoms with E-state index in [1.165, 1.54) is 16.4 Å². The smallest absolute Gasteiger partial charge is 0.324 e. The van der Waals surface area contributed by atoms with Crippen LogP contribution in [0.1, 0.15) is 12.8 Å². The third kappa shape index (κ3) is 4.30. The molecule has 0 bridgehead atoms. The second-order valence-electron chi connectivity index (χ2n) is 6.52. The fourth-order valence-corrected chi connectivity index (χ4v) is 4.60. The van der Waals surface area contributed by atoms with Gasteiger partial charge in [-0.3, -0.25) is 14.5 Å². The van der Waals surface area contributed by atoms with Gasteiger partial charge in [-0.05, 0) is 37.1 Å². The summed E-state index contributed by atoms with van der Waals surface area (Å²) in [6.45, 7) is 0.290. The van der Waals surface area contributed by atoms with E-state index in [4.69, 9.17) is 4.74 Å². The molecule has 3 rings (SSSR count). The number of hydrogen-bond acceptors (Lipinski definition) is 6. The van der Waals surface area contributed by atoms with E-state index in [9.17, 15) is 27.2 Å². The van der Waals surface area contributed by atoms with Gasteiger partial charge in [-0.25, -0.2) is 17.6 Å². The van der Waals surface area contributed by atoms with E-state index in [2.05, 4.69) is 5.32 Å². The third-order valence-electron chi connectivity index (χ3n) is 4.73. The van der Waals surface area contributed by atoms with Crippen LogP contribution in [-0.2, 0) is 24.3 Å². The number of nitrogens with one attached hydrogen (secondary N) is 1. The number of ether oxygens (including phenoxy) is 1. The fraction of sp³-hybridized carbons (Fsp3) is 0.471. The highest BCUT2D eigenvalue weighted by Crippen LogP contribution is 2.24. The summed E-state index contributed by atoms with van der Waals surface area (Å²) >= 11 is 0. The van der Waals surface area contributed by atoms with Crippen molar-refractivity contribution in [3.8, 4) is 0 Å². The van der Waals surface area contributed by atoms with E-state index in [0.717, 1.165) is 17.0 Å². The van der Waals surface area contributed by atoms with Crippen molar-refractivity contribution < 1.29 is 31.9 Å². The van der Waals surface area contributed by atoms with Crippen LogP contribution >= 0.6 is 0 Å². The number of halogens is 1. The maximum Gasteiger partial charge on any atom is 0.324 e. The molecule has 1 aromatic rings. The second kappa shape index (κ2) is 8.23. The summed E-state index contributed by atoms with van der Waals surface area (Å²) in [7, 11) is -3.76. The van der Waals surface area contributed by atoms with Crippen LogP contribution in [0, 0.1) is 11.7 Å². The molecular formula is C17H20FN3O6S. The number of urea groups is 1. The number of piperidine rings is 1. The molecule has 2 aliphatic heterocycles. The summed E-state index contributed by atoms with van der Waals surface area (Å²) < 4.78 is 44.4. The molecule has 3 amide bonds. The summed E-state index contributed by atoms with van der Waals surface area (Å²) in [5.41, 5.74) is 0. The van der Waals surface area contributed by atoms with E-state index >= 15 is 0 Å². The number of rotatable bonds is 5. The zero-order valence-corrected chi connectivity index (χ0v) is 15.8. The van der Waals surface area contributed by atoms with Crippen LogP contribution in [0.25, 0.3) is 0 Å². The van der Waals surface area contributed by atoms with Gasteiger partial charge >= 0.3 is 12.0 Å². The molecule has 0 atom stereocenters. The van der Waals surface area contributed by atoms with Crippen LogP contribution in [-0.4, -0.2) is 68.3 Å². The Hall–Kier alpha value is -2.53. The topological polar surface area (TPSA) is 113 Å². The summed E-state index contributed by atoms with van der Waals surface area (Å²) in [5.74, 6) is -2.24. The number of esters is 1. The lowest BCUT2D eigenvalue weighted by atomic mass is 9.98. The minimum absolute atomic E-state index is 0.00980. The lowest BCUT2D eigenvalue weighted by molar-refractivity contribution is -0.155. The third-order valence-corrected chi connectivity index (χ3v) is 6.65. The van der Waals surface area contributed by atoms with Gasteiger partial charge in [-0.1, -0.05) is 0 Å². The van der Waals surface area contributed by atoms with Gasteiger partial charge in [0.15, 0.2) is 6.61 Å². The number of amides is 3.